The van der Waals surface area contributed by atoms with Crippen LogP contribution in [0.4, 0.5) is 0 Å². The molecule has 9 heteroatoms. The third-order valence-corrected chi connectivity index (χ3v) is 7.51. The molecule has 2 aromatic carbocycles. The van der Waals surface area contributed by atoms with E-state index in [0.717, 1.165) is 23.4 Å². The van der Waals surface area contributed by atoms with Crippen LogP contribution in [0.2, 0.25) is 0 Å². The van der Waals surface area contributed by atoms with Crippen molar-refractivity contribution in [1.29, 1.82) is 0 Å². The molecule has 0 N–H and O–H groups in total. The molecular weight excluding hydrogens is 470 g/mol. The normalized spacial score (nSPS) is 19.8. The number of ether oxygens (including phenoxy) is 2. The number of aromatic nitrogens is 4. The minimum absolute atomic E-state index is 0.358. The summed E-state index contributed by atoms with van der Waals surface area (Å²) in [6.45, 7) is 4.08. The second kappa shape index (κ2) is 9.21. The van der Waals surface area contributed by atoms with E-state index in [4.69, 9.17) is 23.9 Å². The number of fused-ring (bicyclic) bond motifs is 1. The summed E-state index contributed by atoms with van der Waals surface area (Å²) in [5.41, 5.74) is 3.99. The summed E-state index contributed by atoms with van der Waals surface area (Å²) in [7, 11) is 3.22. The minimum Gasteiger partial charge on any atom is -0.497 e. The number of benzene rings is 2. The highest BCUT2D eigenvalue weighted by atomic mass is 16.7. The highest BCUT2D eigenvalue weighted by Gasteiger charge is 2.42. The maximum absolute atomic E-state index is 5.93. The van der Waals surface area contributed by atoms with Crippen LogP contribution in [0.15, 0.2) is 46.1 Å². The van der Waals surface area contributed by atoms with Gasteiger partial charge in [-0.15, -0.1) is 0 Å². The molecule has 3 heterocycles. The predicted octanol–water partition coefficient (Wildman–Crippen LogP) is 5.82. The molecule has 37 heavy (non-hydrogen) atoms. The van der Waals surface area contributed by atoms with Gasteiger partial charge in [-0.2, -0.15) is 10.1 Å². The Morgan fingerprint density at radius 3 is 2.68 bits per heavy atom. The van der Waals surface area contributed by atoms with Crippen LogP contribution in [-0.2, 0) is 16.9 Å². The van der Waals surface area contributed by atoms with E-state index in [-0.39, 0.29) is 0 Å². The standard InChI is InChI=1S/C28H31N5O4/c1-5-22-20-12-10-17(14-24(20)33(30-22)18-8-6-7-9-18)23-16-28(2,37-31-23)27-29-26(32-36-27)21-15-19(34-3)11-13-25(21)35-4/h10-15,18H,5-9,16H2,1-4H3. The fourth-order valence-corrected chi connectivity index (χ4v) is 5.42. The van der Waals surface area contributed by atoms with E-state index in [1.54, 1.807) is 14.2 Å². The maximum Gasteiger partial charge on any atom is 0.274 e. The fraction of sp³-hybridized carbons (Fsp3) is 0.429. The van der Waals surface area contributed by atoms with Crippen LogP contribution in [0.3, 0.4) is 0 Å². The molecule has 1 aliphatic carbocycles. The van der Waals surface area contributed by atoms with E-state index < -0.39 is 5.60 Å². The molecule has 0 radical (unpaired) electrons. The second-order valence-electron chi connectivity index (χ2n) is 9.94. The first kappa shape index (κ1) is 23.5. The molecular formula is C28H31N5O4. The number of hydrogen-bond donors (Lipinski definition) is 0. The van der Waals surface area contributed by atoms with Gasteiger partial charge in [0.25, 0.3) is 5.89 Å². The van der Waals surface area contributed by atoms with Crippen molar-refractivity contribution in [3.63, 3.8) is 0 Å². The number of methoxy groups -OCH3 is 2. The molecule has 4 aromatic rings. The number of oxime groups is 1. The fourth-order valence-electron chi connectivity index (χ4n) is 5.42. The molecule has 6 rings (SSSR count). The van der Waals surface area contributed by atoms with Gasteiger partial charge < -0.3 is 18.8 Å². The average Bonchev–Trinajstić information content (AvgIpc) is 3.73. The summed E-state index contributed by atoms with van der Waals surface area (Å²) in [5.74, 6) is 2.06. The summed E-state index contributed by atoms with van der Waals surface area (Å²) in [6.07, 6.45) is 6.32. The van der Waals surface area contributed by atoms with Crippen molar-refractivity contribution in [1.82, 2.24) is 19.9 Å². The first-order valence-electron chi connectivity index (χ1n) is 12.9. The Morgan fingerprint density at radius 1 is 1.08 bits per heavy atom. The Hall–Kier alpha value is -3.88. The van der Waals surface area contributed by atoms with Gasteiger partial charge in [-0.05, 0) is 50.5 Å². The first-order chi connectivity index (χ1) is 18.0. The number of hydrogen-bond acceptors (Lipinski definition) is 8. The molecule has 1 aliphatic heterocycles. The SMILES string of the molecule is CCc1nn(C2CCCC2)c2cc(C3=NOC(C)(c4nc(-c5cc(OC)ccc5OC)no4)C3)ccc12. The van der Waals surface area contributed by atoms with E-state index in [1.165, 1.54) is 36.6 Å². The number of aryl methyl sites for hydroxylation is 1. The molecule has 9 nitrogen and oxygen atoms in total. The lowest BCUT2D eigenvalue weighted by Gasteiger charge is -2.15. The molecule has 192 valence electrons. The Labute approximate surface area is 215 Å². The van der Waals surface area contributed by atoms with Gasteiger partial charge in [0.2, 0.25) is 11.4 Å². The van der Waals surface area contributed by atoms with Crippen LogP contribution in [0.25, 0.3) is 22.3 Å². The summed E-state index contributed by atoms with van der Waals surface area (Å²) in [5, 5.41) is 14.9. The highest BCUT2D eigenvalue weighted by Crippen LogP contribution is 2.39. The third-order valence-electron chi connectivity index (χ3n) is 7.51. The van der Waals surface area contributed by atoms with Crippen LogP contribution in [0.1, 0.15) is 69.1 Å². The van der Waals surface area contributed by atoms with E-state index in [1.807, 2.05) is 25.1 Å². The third kappa shape index (κ3) is 4.02. The number of nitrogens with zero attached hydrogens (tertiary/aromatic N) is 5. The summed E-state index contributed by atoms with van der Waals surface area (Å²) in [4.78, 5) is 10.6. The van der Waals surface area contributed by atoms with E-state index in [0.29, 0.717) is 41.2 Å². The van der Waals surface area contributed by atoms with Crippen molar-refractivity contribution in [2.24, 2.45) is 5.16 Å². The van der Waals surface area contributed by atoms with Crippen LogP contribution >= 0.6 is 0 Å². The van der Waals surface area contributed by atoms with Crippen molar-refractivity contribution in [2.45, 2.75) is 64.0 Å². The van der Waals surface area contributed by atoms with E-state index >= 15 is 0 Å². The predicted molar refractivity (Wildman–Crippen MR) is 139 cm³/mol. The smallest absolute Gasteiger partial charge is 0.274 e. The van der Waals surface area contributed by atoms with Crippen LogP contribution in [0, 0.1) is 0 Å². The van der Waals surface area contributed by atoms with Gasteiger partial charge in [0, 0.05) is 17.4 Å². The maximum atomic E-state index is 5.93. The van der Waals surface area contributed by atoms with Gasteiger partial charge in [-0.1, -0.05) is 42.2 Å². The lowest BCUT2D eigenvalue weighted by Crippen LogP contribution is -2.22. The van der Waals surface area contributed by atoms with Gasteiger partial charge in [0.05, 0.1) is 42.7 Å². The summed E-state index contributed by atoms with van der Waals surface area (Å²) >= 11 is 0. The Morgan fingerprint density at radius 2 is 1.92 bits per heavy atom. The lowest BCUT2D eigenvalue weighted by atomic mass is 9.95. The highest BCUT2D eigenvalue weighted by molar-refractivity contribution is 6.04. The molecule has 1 atom stereocenters. The van der Waals surface area contributed by atoms with Gasteiger partial charge >= 0.3 is 0 Å². The Kier molecular flexibility index (Phi) is 5.85. The average molecular weight is 502 g/mol. The van der Waals surface area contributed by atoms with Crippen LogP contribution < -0.4 is 9.47 Å². The molecule has 0 amide bonds. The zero-order chi connectivity index (χ0) is 25.6. The minimum atomic E-state index is -0.873. The van der Waals surface area contributed by atoms with Gasteiger partial charge in [-0.25, -0.2) is 0 Å². The summed E-state index contributed by atoms with van der Waals surface area (Å²) in [6, 6.07) is 12.4. The van der Waals surface area contributed by atoms with Crippen molar-refractivity contribution in [3.8, 4) is 22.9 Å². The lowest BCUT2D eigenvalue weighted by molar-refractivity contribution is -0.0313. The van der Waals surface area contributed by atoms with Crippen LogP contribution in [0.5, 0.6) is 11.5 Å². The Balaban J connectivity index is 1.29. The monoisotopic (exact) mass is 501 g/mol. The molecule has 0 saturated heterocycles. The Bertz CT molecular complexity index is 1480. The quantitative estimate of drug-likeness (QED) is 0.315. The first-order valence-corrected chi connectivity index (χ1v) is 12.9. The molecule has 1 fully saturated rings. The van der Waals surface area contributed by atoms with Crippen molar-refractivity contribution < 1.29 is 18.8 Å². The molecule has 0 bridgehead atoms. The molecule has 0 spiro atoms. The van der Waals surface area contributed by atoms with Gasteiger partial charge in [0.15, 0.2) is 0 Å². The topological polar surface area (TPSA) is 96.8 Å². The molecule has 2 aromatic heterocycles. The molecule has 2 aliphatic rings. The zero-order valence-corrected chi connectivity index (χ0v) is 21.7. The van der Waals surface area contributed by atoms with E-state index in [9.17, 15) is 0 Å². The summed E-state index contributed by atoms with van der Waals surface area (Å²) < 4.78 is 18.8. The zero-order valence-electron chi connectivity index (χ0n) is 21.7. The molecule has 1 unspecified atom stereocenters. The van der Waals surface area contributed by atoms with Gasteiger partial charge in [-0.3, -0.25) is 4.68 Å². The van der Waals surface area contributed by atoms with Crippen molar-refractivity contribution in [2.75, 3.05) is 14.2 Å². The van der Waals surface area contributed by atoms with Gasteiger partial charge in [0.1, 0.15) is 11.5 Å². The molecule has 1 saturated carbocycles. The van der Waals surface area contributed by atoms with Crippen LogP contribution in [-0.4, -0.2) is 39.9 Å². The second-order valence-corrected chi connectivity index (χ2v) is 9.94. The van der Waals surface area contributed by atoms with E-state index in [2.05, 4.69) is 45.1 Å². The number of rotatable bonds is 7. The largest absolute Gasteiger partial charge is 0.497 e. The van der Waals surface area contributed by atoms with Crippen molar-refractivity contribution >= 4 is 16.6 Å². The van der Waals surface area contributed by atoms with Crippen molar-refractivity contribution in [3.05, 3.63) is 53.5 Å².